The second-order valence-electron chi connectivity index (χ2n) is 10.8. The molecule has 2 N–H and O–H groups in total. The van der Waals surface area contributed by atoms with Crippen molar-refractivity contribution in [3.8, 4) is 0 Å². The van der Waals surface area contributed by atoms with Crippen LogP contribution in [0.2, 0.25) is 6.32 Å². The molecule has 0 radical (unpaired) electrons. The minimum absolute atomic E-state index is 0.151. The summed E-state index contributed by atoms with van der Waals surface area (Å²) in [6.07, 6.45) is 12.3. The number of methoxy groups -OCH3 is 1. The van der Waals surface area contributed by atoms with Crippen molar-refractivity contribution < 1.29 is 9.53 Å². The fourth-order valence-electron chi connectivity index (χ4n) is 6.00. The number of aryl methyl sites for hydroxylation is 2. The highest BCUT2D eigenvalue weighted by molar-refractivity contribution is 6.72. The number of aromatic amines is 1. The van der Waals surface area contributed by atoms with Crippen LogP contribution in [0, 0.1) is 19.8 Å². The van der Waals surface area contributed by atoms with E-state index in [1.165, 1.54) is 25.7 Å². The van der Waals surface area contributed by atoms with E-state index in [2.05, 4.69) is 40.8 Å². The number of rotatable bonds is 7. The van der Waals surface area contributed by atoms with E-state index < -0.39 is 0 Å². The number of carbonyl (C=O) groups excluding carboxylic acids is 1. The number of carbonyl (C=O) groups is 1. The maximum Gasteiger partial charge on any atom is 0.253 e. The molecule has 40 heavy (non-hydrogen) atoms. The predicted octanol–water partition coefficient (Wildman–Crippen LogP) is 6.12. The molecule has 220 valence electrons. The van der Waals surface area contributed by atoms with Gasteiger partial charge in [-0.15, -0.1) is 5.98 Å². The van der Waals surface area contributed by atoms with E-state index in [1.54, 1.807) is 7.11 Å². The van der Waals surface area contributed by atoms with Gasteiger partial charge in [0.05, 0.1) is 6.10 Å². The van der Waals surface area contributed by atoms with Crippen molar-refractivity contribution in [1.29, 1.82) is 0 Å². The van der Waals surface area contributed by atoms with Crippen LogP contribution in [-0.4, -0.2) is 54.8 Å². The van der Waals surface area contributed by atoms with Gasteiger partial charge < -0.3 is 15.0 Å². The quantitative estimate of drug-likeness (QED) is 0.402. The highest BCUT2D eigenvalue weighted by atomic mass is 16.5. The van der Waals surface area contributed by atoms with E-state index in [-0.39, 0.29) is 24.7 Å². The number of aromatic nitrogens is 1. The SMILES string of the molecule is C=C1/C=C\C=C/B(CC2CCC(N3CC(OC)C3)CC2)/C(C)=C\1C(=O)NCc1c(C)cc(C)[nH]c1=O.CC.CC. The van der Waals surface area contributed by atoms with Crippen molar-refractivity contribution >= 4 is 12.6 Å². The summed E-state index contributed by atoms with van der Waals surface area (Å²) in [5.74, 6) is 2.71. The summed E-state index contributed by atoms with van der Waals surface area (Å²) < 4.78 is 5.44. The third-order valence-electron chi connectivity index (χ3n) is 8.30. The summed E-state index contributed by atoms with van der Waals surface area (Å²) in [5.41, 5.74) is 4.54. The van der Waals surface area contributed by atoms with Gasteiger partial charge in [-0.05, 0) is 62.7 Å². The monoisotopic (exact) mass is 549 g/mol. The lowest BCUT2D eigenvalue weighted by Gasteiger charge is -2.46. The molecule has 1 amide bonds. The predicted molar refractivity (Wildman–Crippen MR) is 170 cm³/mol. The number of H-pyrrole nitrogens is 1. The molecular formula is C33H52BN3O3. The molecule has 7 heteroatoms. The van der Waals surface area contributed by atoms with Crippen LogP contribution in [0.1, 0.15) is 77.1 Å². The van der Waals surface area contributed by atoms with Crippen molar-refractivity contribution in [2.45, 2.75) is 99.2 Å². The number of pyridine rings is 1. The molecule has 0 spiro atoms. The van der Waals surface area contributed by atoms with Gasteiger partial charge in [0.1, 0.15) is 0 Å². The van der Waals surface area contributed by atoms with E-state index in [4.69, 9.17) is 4.74 Å². The minimum Gasteiger partial charge on any atom is -0.379 e. The summed E-state index contributed by atoms with van der Waals surface area (Å²) in [5, 5.41) is 2.99. The van der Waals surface area contributed by atoms with Crippen LogP contribution in [0.15, 0.2) is 58.3 Å². The van der Waals surface area contributed by atoms with Crippen molar-refractivity contribution in [3.05, 3.63) is 80.6 Å². The molecule has 1 aromatic rings. The lowest BCUT2D eigenvalue weighted by molar-refractivity contribution is -0.117. The maximum absolute atomic E-state index is 13.4. The lowest BCUT2D eigenvalue weighted by Crippen LogP contribution is -2.56. The molecule has 0 aromatic carbocycles. The van der Waals surface area contributed by atoms with Crippen molar-refractivity contribution in [3.63, 3.8) is 0 Å². The number of amides is 1. The first kappa shape index (κ1) is 33.6. The van der Waals surface area contributed by atoms with Gasteiger partial charge in [-0.2, -0.15) is 0 Å². The van der Waals surface area contributed by atoms with Crippen LogP contribution < -0.4 is 10.9 Å². The van der Waals surface area contributed by atoms with Crippen molar-refractivity contribution in [2.24, 2.45) is 5.92 Å². The third-order valence-corrected chi connectivity index (χ3v) is 8.30. The maximum atomic E-state index is 13.4. The van der Waals surface area contributed by atoms with Gasteiger partial charge >= 0.3 is 0 Å². The summed E-state index contributed by atoms with van der Waals surface area (Å²) in [7, 11) is 1.80. The van der Waals surface area contributed by atoms with Crippen LogP contribution in [0.4, 0.5) is 0 Å². The first-order chi connectivity index (χ1) is 19.3. The Morgan fingerprint density at radius 1 is 1.10 bits per heavy atom. The van der Waals surface area contributed by atoms with Crippen molar-refractivity contribution in [2.75, 3.05) is 20.2 Å². The molecule has 2 aliphatic heterocycles. The van der Waals surface area contributed by atoms with E-state index >= 15 is 0 Å². The normalized spacial score (nSPS) is 24.8. The van der Waals surface area contributed by atoms with Crippen LogP contribution in [-0.2, 0) is 16.1 Å². The molecule has 1 aromatic heterocycles. The smallest absolute Gasteiger partial charge is 0.253 e. The molecule has 0 bridgehead atoms. The van der Waals surface area contributed by atoms with Crippen LogP contribution >= 0.6 is 0 Å². The highest BCUT2D eigenvalue weighted by Gasteiger charge is 2.35. The Kier molecular flexibility index (Phi) is 13.9. The number of likely N-dealkylation sites (tertiary alicyclic amines) is 1. The molecular weight excluding hydrogens is 497 g/mol. The van der Waals surface area contributed by atoms with Gasteiger partial charge in [0, 0.05) is 49.6 Å². The molecule has 1 saturated heterocycles. The average Bonchev–Trinajstić information content (AvgIpc) is 2.91. The number of hydrogen-bond donors (Lipinski definition) is 2. The summed E-state index contributed by atoms with van der Waals surface area (Å²) in [6, 6.07) is 2.62. The van der Waals surface area contributed by atoms with Gasteiger partial charge in [-0.1, -0.05) is 71.2 Å². The number of ether oxygens (including phenoxy) is 1. The molecule has 6 nitrogen and oxygen atoms in total. The Morgan fingerprint density at radius 3 is 2.35 bits per heavy atom. The first-order valence-corrected chi connectivity index (χ1v) is 15.3. The van der Waals surface area contributed by atoms with E-state index in [1.807, 2.05) is 59.8 Å². The Bertz CT molecular complexity index is 1140. The topological polar surface area (TPSA) is 74.4 Å². The number of nitrogens with zero attached hydrogens (tertiary/aromatic N) is 1. The number of allylic oxidation sites excluding steroid dienone is 4. The van der Waals surface area contributed by atoms with Gasteiger partial charge in [0.15, 0.2) is 6.71 Å². The Labute approximate surface area is 243 Å². The molecule has 0 unspecified atom stereocenters. The zero-order chi connectivity index (χ0) is 29.8. The zero-order valence-electron chi connectivity index (χ0n) is 26.2. The molecule has 3 aliphatic rings. The van der Waals surface area contributed by atoms with Gasteiger partial charge in [0.2, 0.25) is 0 Å². The zero-order valence-corrected chi connectivity index (χ0v) is 26.2. The molecule has 1 saturated carbocycles. The second kappa shape index (κ2) is 16.6. The molecule has 2 fully saturated rings. The Balaban J connectivity index is 0.00000134. The van der Waals surface area contributed by atoms with E-state index in [9.17, 15) is 9.59 Å². The second-order valence-corrected chi connectivity index (χ2v) is 10.8. The standard InChI is InChI=1S/C29H40BN3O3.2C2H6/c1-19-8-6-7-13-30(15-23-9-11-24(12-10-23)33-17-25(18-33)36-5)22(4)27(19)29(35)31-16-26-20(2)14-21(3)32-28(26)34;2*1-2/h6-8,13-14,23-25H,1,9-12,15-18H2,2-5H3,(H,31,35)(H,32,34);2*1-2H3/b8-6-,13-7-,27-22+;;. The van der Waals surface area contributed by atoms with E-state index in [0.717, 1.165) is 36.1 Å². The fourth-order valence-corrected chi connectivity index (χ4v) is 6.00. The number of nitrogens with one attached hydrogen (secondary N) is 2. The first-order valence-electron chi connectivity index (χ1n) is 15.3. The highest BCUT2D eigenvalue weighted by Crippen LogP contribution is 2.35. The Hall–Kier alpha value is -2.64. The van der Waals surface area contributed by atoms with Crippen molar-refractivity contribution in [1.82, 2.24) is 15.2 Å². The fraction of sp³-hybridized carbons (Fsp3) is 0.576. The Morgan fingerprint density at radius 2 is 1.75 bits per heavy atom. The third kappa shape index (κ3) is 8.68. The minimum atomic E-state index is -0.170. The summed E-state index contributed by atoms with van der Waals surface area (Å²) >= 11 is 0. The van der Waals surface area contributed by atoms with Crippen LogP contribution in [0.25, 0.3) is 0 Å². The summed E-state index contributed by atoms with van der Waals surface area (Å²) in [4.78, 5) is 31.2. The lowest BCUT2D eigenvalue weighted by atomic mass is 9.39. The largest absolute Gasteiger partial charge is 0.379 e. The molecule has 1 aliphatic carbocycles. The molecule has 3 heterocycles. The van der Waals surface area contributed by atoms with Crippen LogP contribution in [0.5, 0.6) is 0 Å². The molecule has 4 rings (SSSR count). The molecule has 0 atom stereocenters. The number of hydrogen-bond acceptors (Lipinski definition) is 4. The van der Waals surface area contributed by atoms with Gasteiger partial charge in [-0.25, -0.2) is 0 Å². The van der Waals surface area contributed by atoms with Gasteiger partial charge in [0.25, 0.3) is 11.5 Å². The average molecular weight is 550 g/mol. The van der Waals surface area contributed by atoms with Crippen LogP contribution in [0.3, 0.4) is 0 Å². The summed E-state index contributed by atoms with van der Waals surface area (Å²) in [6.45, 7) is 20.5. The van der Waals surface area contributed by atoms with E-state index in [0.29, 0.717) is 34.8 Å². The van der Waals surface area contributed by atoms with Gasteiger partial charge in [-0.3, -0.25) is 14.5 Å².